The fraction of sp³-hybridized carbons (Fsp3) is 0.292. The van der Waals surface area contributed by atoms with Crippen LogP contribution < -0.4 is 4.74 Å². The molecule has 0 spiro atoms. The Morgan fingerprint density at radius 3 is 2.32 bits per heavy atom. The van der Waals surface area contributed by atoms with Crippen LogP contribution in [0.4, 0.5) is 0 Å². The predicted octanol–water partition coefficient (Wildman–Crippen LogP) is 6.21. The van der Waals surface area contributed by atoms with Gasteiger partial charge in [0.25, 0.3) is 0 Å². The Bertz CT molecular complexity index is 941. The molecule has 0 aromatic heterocycles. The molecule has 28 heavy (non-hydrogen) atoms. The van der Waals surface area contributed by atoms with Gasteiger partial charge in [0, 0.05) is 0 Å². The van der Waals surface area contributed by atoms with Gasteiger partial charge in [0.05, 0.1) is 0 Å². The lowest BCUT2D eigenvalue weighted by Gasteiger charge is -2.32. The second-order valence-corrected chi connectivity index (χ2v) is 8.11. The van der Waals surface area contributed by atoms with E-state index in [1.807, 2.05) is 48.5 Å². The summed E-state index contributed by atoms with van der Waals surface area (Å²) in [5.41, 5.74) is 0.898. The van der Waals surface area contributed by atoms with Gasteiger partial charge in [-0.25, -0.2) is 0 Å². The van der Waals surface area contributed by atoms with Crippen LogP contribution in [-0.4, -0.2) is 18.2 Å². The van der Waals surface area contributed by atoms with E-state index in [0.29, 0.717) is 0 Å². The molecule has 4 heteroatoms. The van der Waals surface area contributed by atoms with Crippen LogP contribution in [0.25, 0.3) is 10.8 Å². The smallest absolute Gasteiger partial charge is 0.324 e. The number of ether oxygens (including phenoxy) is 2. The Morgan fingerprint density at radius 2 is 1.54 bits per heavy atom. The largest absolute Gasteiger partial charge is 0.487 e. The summed E-state index contributed by atoms with van der Waals surface area (Å²) in [6.07, 6.45) is 3.52. The third-order valence-corrected chi connectivity index (χ3v) is 6.12. The number of halogens is 1. The summed E-state index contributed by atoms with van der Waals surface area (Å²) in [5.74, 6) is 0.565. The number of carbonyl (C=O) groups excluding carboxylic acids is 1. The molecule has 0 radical (unpaired) electrons. The van der Waals surface area contributed by atoms with Gasteiger partial charge in [0.15, 0.2) is 0 Å². The van der Waals surface area contributed by atoms with E-state index < -0.39 is 4.83 Å². The first kappa shape index (κ1) is 19.0. The van der Waals surface area contributed by atoms with Crippen LogP contribution >= 0.6 is 15.9 Å². The standard InChI is InChI=1S/C24H23BrO3/c25-23(18-9-2-1-3-10-18)24(26)28-22-13-7-6-12-21(22)27-20-15-14-17-8-4-5-11-19(17)16-20/h1-5,8-11,14-16,21-23H,6-7,12-13H2/t21-,22-,23-/m1/s1. The van der Waals surface area contributed by atoms with E-state index in [4.69, 9.17) is 9.47 Å². The third kappa shape index (κ3) is 4.39. The van der Waals surface area contributed by atoms with Crippen LogP contribution in [0.15, 0.2) is 72.8 Å². The van der Waals surface area contributed by atoms with Gasteiger partial charge in [-0.05, 0) is 54.2 Å². The van der Waals surface area contributed by atoms with Crippen molar-refractivity contribution >= 4 is 32.7 Å². The van der Waals surface area contributed by atoms with Crippen LogP contribution in [0, 0.1) is 0 Å². The van der Waals surface area contributed by atoms with E-state index in [0.717, 1.165) is 42.4 Å². The lowest BCUT2D eigenvalue weighted by atomic mass is 9.94. The quantitative estimate of drug-likeness (QED) is 0.350. The van der Waals surface area contributed by atoms with Crippen molar-refractivity contribution in [1.29, 1.82) is 0 Å². The van der Waals surface area contributed by atoms with E-state index in [-0.39, 0.29) is 18.2 Å². The SMILES string of the molecule is O=C(O[C@@H]1CCCC[C@H]1Oc1ccc2ccccc2c1)[C@H](Br)c1ccccc1. The second kappa shape index (κ2) is 8.78. The molecule has 3 atom stereocenters. The normalized spacial score (nSPS) is 20.5. The number of alkyl halides is 1. The highest BCUT2D eigenvalue weighted by molar-refractivity contribution is 9.09. The molecule has 144 valence electrons. The average Bonchev–Trinajstić information content (AvgIpc) is 2.75. The number of hydrogen-bond acceptors (Lipinski definition) is 3. The maximum atomic E-state index is 12.7. The van der Waals surface area contributed by atoms with Gasteiger partial charge >= 0.3 is 5.97 Å². The van der Waals surface area contributed by atoms with Crippen molar-refractivity contribution in [2.75, 3.05) is 0 Å². The number of rotatable bonds is 5. The summed E-state index contributed by atoms with van der Waals surface area (Å²) in [6, 6.07) is 24.0. The highest BCUT2D eigenvalue weighted by Gasteiger charge is 2.32. The Balaban J connectivity index is 1.45. The molecule has 0 aliphatic heterocycles. The lowest BCUT2D eigenvalue weighted by molar-refractivity contribution is -0.155. The Morgan fingerprint density at radius 1 is 0.857 bits per heavy atom. The molecule has 1 saturated carbocycles. The van der Waals surface area contributed by atoms with Crippen LogP contribution in [0.3, 0.4) is 0 Å². The number of carbonyl (C=O) groups is 1. The molecular formula is C24H23BrO3. The minimum Gasteiger partial charge on any atom is -0.487 e. The summed E-state index contributed by atoms with van der Waals surface area (Å²) < 4.78 is 12.1. The van der Waals surface area contributed by atoms with Crippen LogP contribution in [0.2, 0.25) is 0 Å². The minimum atomic E-state index is -0.461. The first-order valence-corrected chi connectivity index (χ1v) is 10.7. The Hall–Kier alpha value is -2.33. The van der Waals surface area contributed by atoms with Crippen LogP contribution in [0.5, 0.6) is 5.75 Å². The number of esters is 1. The summed E-state index contributed by atoms with van der Waals surface area (Å²) in [6.45, 7) is 0. The van der Waals surface area contributed by atoms with Crippen molar-refractivity contribution < 1.29 is 14.3 Å². The predicted molar refractivity (Wildman–Crippen MR) is 115 cm³/mol. The first-order chi connectivity index (χ1) is 13.7. The molecule has 0 amide bonds. The average molecular weight is 439 g/mol. The first-order valence-electron chi connectivity index (χ1n) is 9.76. The van der Waals surface area contributed by atoms with Gasteiger partial charge in [0.2, 0.25) is 0 Å². The number of benzene rings is 3. The van der Waals surface area contributed by atoms with Gasteiger partial charge in [-0.15, -0.1) is 0 Å². The highest BCUT2D eigenvalue weighted by Crippen LogP contribution is 2.31. The summed E-state index contributed by atoms with van der Waals surface area (Å²) in [7, 11) is 0. The van der Waals surface area contributed by atoms with Crippen molar-refractivity contribution in [1.82, 2.24) is 0 Å². The van der Waals surface area contributed by atoms with E-state index >= 15 is 0 Å². The van der Waals surface area contributed by atoms with Crippen molar-refractivity contribution in [3.8, 4) is 5.75 Å². The Labute approximate surface area is 173 Å². The zero-order valence-corrected chi connectivity index (χ0v) is 17.2. The van der Waals surface area contributed by atoms with E-state index in [2.05, 4.69) is 40.2 Å². The molecule has 3 aromatic rings. The molecule has 0 unspecified atom stereocenters. The summed E-state index contributed by atoms with van der Waals surface area (Å²) >= 11 is 3.48. The van der Waals surface area contributed by atoms with E-state index in [1.54, 1.807) is 0 Å². The monoisotopic (exact) mass is 438 g/mol. The van der Waals surface area contributed by atoms with Gasteiger partial charge in [-0.1, -0.05) is 76.6 Å². The summed E-state index contributed by atoms with van der Waals surface area (Å²) in [4.78, 5) is 12.2. The fourth-order valence-corrected chi connectivity index (χ4v) is 4.13. The van der Waals surface area contributed by atoms with Gasteiger partial charge < -0.3 is 9.47 Å². The molecule has 4 rings (SSSR count). The van der Waals surface area contributed by atoms with E-state index in [9.17, 15) is 4.79 Å². The maximum absolute atomic E-state index is 12.7. The fourth-order valence-electron chi connectivity index (χ4n) is 3.71. The molecule has 1 aliphatic rings. The molecule has 0 bridgehead atoms. The minimum absolute atomic E-state index is 0.116. The molecule has 3 nitrogen and oxygen atoms in total. The van der Waals surface area contributed by atoms with Crippen molar-refractivity contribution in [2.45, 2.75) is 42.7 Å². The topological polar surface area (TPSA) is 35.5 Å². The second-order valence-electron chi connectivity index (χ2n) is 7.20. The molecular weight excluding hydrogens is 416 g/mol. The Kier molecular flexibility index (Phi) is 5.96. The van der Waals surface area contributed by atoms with Crippen LogP contribution in [0.1, 0.15) is 36.1 Å². The number of hydrogen-bond donors (Lipinski definition) is 0. The van der Waals surface area contributed by atoms with Gasteiger partial charge in [0.1, 0.15) is 22.8 Å². The van der Waals surface area contributed by atoms with Crippen molar-refractivity contribution in [3.63, 3.8) is 0 Å². The lowest BCUT2D eigenvalue weighted by Crippen LogP contribution is -2.39. The molecule has 0 N–H and O–H groups in total. The zero-order valence-electron chi connectivity index (χ0n) is 15.6. The number of fused-ring (bicyclic) bond motifs is 1. The van der Waals surface area contributed by atoms with Crippen molar-refractivity contribution in [2.24, 2.45) is 0 Å². The van der Waals surface area contributed by atoms with Gasteiger partial charge in [-0.3, -0.25) is 4.79 Å². The molecule has 0 heterocycles. The van der Waals surface area contributed by atoms with Crippen molar-refractivity contribution in [3.05, 3.63) is 78.4 Å². The van der Waals surface area contributed by atoms with Crippen LogP contribution in [-0.2, 0) is 9.53 Å². The third-order valence-electron chi connectivity index (χ3n) is 5.22. The molecule has 1 fully saturated rings. The zero-order chi connectivity index (χ0) is 19.3. The van der Waals surface area contributed by atoms with Gasteiger partial charge in [-0.2, -0.15) is 0 Å². The summed E-state index contributed by atoms with van der Waals surface area (Å²) in [5, 5.41) is 2.33. The van der Waals surface area contributed by atoms with E-state index in [1.165, 1.54) is 5.39 Å². The molecule has 1 aliphatic carbocycles. The maximum Gasteiger partial charge on any atom is 0.324 e. The molecule has 0 saturated heterocycles. The molecule has 3 aromatic carbocycles. The highest BCUT2D eigenvalue weighted by atomic mass is 79.9.